The Kier molecular flexibility index (Phi) is 10.0. The highest BCUT2D eigenvalue weighted by atomic mass is 79.9. The van der Waals surface area contributed by atoms with Crippen LogP contribution in [0, 0.1) is 0 Å². The summed E-state index contributed by atoms with van der Waals surface area (Å²) >= 11 is 3.58. The van der Waals surface area contributed by atoms with Crippen LogP contribution in [0.2, 0.25) is 0 Å². The summed E-state index contributed by atoms with van der Waals surface area (Å²) in [7, 11) is 1.64. The lowest BCUT2D eigenvalue weighted by Crippen LogP contribution is -2.49. The Hall–Kier alpha value is -4.91. The molecule has 2 atom stereocenters. The molecular formula is C41H36BrNO4. The summed E-state index contributed by atoms with van der Waals surface area (Å²) in [6.45, 7) is 2.15. The van der Waals surface area contributed by atoms with Crippen molar-refractivity contribution in [1.29, 1.82) is 0 Å². The van der Waals surface area contributed by atoms with Gasteiger partial charge in [0.15, 0.2) is 0 Å². The number of anilines is 1. The SMILES string of the molecule is CCOC(=O)[C@@](/C=C/c1ccccc1)(OCc1c2ccccc2cc2ccccc12)[C@@H](Nc1ccc(OC)cc1)c1ccc(Br)cc1. The molecule has 0 saturated carbocycles. The second kappa shape index (κ2) is 14.7. The van der Waals surface area contributed by atoms with Crippen molar-refractivity contribution in [3.8, 4) is 5.75 Å². The summed E-state index contributed by atoms with van der Waals surface area (Å²) in [6.07, 6.45) is 3.77. The molecule has 0 saturated heterocycles. The zero-order chi connectivity index (χ0) is 32.6. The van der Waals surface area contributed by atoms with Crippen LogP contribution in [0.3, 0.4) is 0 Å². The number of methoxy groups -OCH3 is 1. The smallest absolute Gasteiger partial charge is 0.345 e. The highest BCUT2D eigenvalue weighted by Gasteiger charge is 2.48. The monoisotopic (exact) mass is 685 g/mol. The van der Waals surface area contributed by atoms with E-state index < -0.39 is 17.6 Å². The largest absolute Gasteiger partial charge is 0.497 e. The van der Waals surface area contributed by atoms with Crippen LogP contribution >= 0.6 is 15.9 Å². The van der Waals surface area contributed by atoms with Gasteiger partial charge in [-0.25, -0.2) is 4.79 Å². The van der Waals surface area contributed by atoms with Gasteiger partial charge in [0.2, 0.25) is 5.60 Å². The molecule has 236 valence electrons. The van der Waals surface area contributed by atoms with Gasteiger partial charge < -0.3 is 19.5 Å². The van der Waals surface area contributed by atoms with Gasteiger partial charge in [-0.1, -0.05) is 113 Å². The van der Waals surface area contributed by atoms with Crippen molar-refractivity contribution in [2.45, 2.75) is 25.2 Å². The highest BCUT2D eigenvalue weighted by molar-refractivity contribution is 9.10. The zero-order valence-corrected chi connectivity index (χ0v) is 27.9. The maximum absolute atomic E-state index is 14.5. The molecule has 0 heterocycles. The summed E-state index contributed by atoms with van der Waals surface area (Å²) in [5.41, 5.74) is 1.97. The minimum atomic E-state index is -1.60. The topological polar surface area (TPSA) is 56.8 Å². The van der Waals surface area contributed by atoms with Crippen LogP contribution < -0.4 is 10.1 Å². The van der Waals surface area contributed by atoms with Crippen molar-refractivity contribution >= 4 is 55.2 Å². The number of esters is 1. The van der Waals surface area contributed by atoms with E-state index in [4.69, 9.17) is 14.2 Å². The van der Waals surface area contributed by atoms with Gasteiger partial charge in [-0.15, -0.1) is 0 Å². The van der Waals surface area contributed by atoms with E-state index in [-0.39, 0.29) is 13.2 Å². The van der Waals surface area contributed by atoms with Crippen LogP contribution in [0.4, 0.5) is 5.69 Å². The van der Waals surface area contributed by atoms with E-state index in [0.29, 0.717) is 0 Å². The Bertz CT molecular complexity index is 1940. The molecule has 0 aliphatic carbocycles. The molecule has 0 fully saturated rings. The number of carbonyl (C=O) groups is 1. The van der Waals surface area contributed by atoms with E-state index in [1.165, 1.54) is 0 Å². The maximum Gasteiger partial charge on any atom is 0.345 e. The Morgan fingerprint density at radius 1 is 0.809 bits per heavy atom. The van der Waals surface area contributed by atoms with Crippen molar-refractivity contribution in [3.05, 3.63) is 161 Å². The molecular weight excluding hydrogens is 650 g/mol. The van der Waals surface area contributed by atoms with Crippen LogP contribution in [0.25, 0.3) is 27.6 Å². The molecule has 0 bridgehead atoms. The fourth-order valence-corrected chi connectivity index (χ4v) is 6.17. The molecule has 6 aromatic rings. The normalized spacial score (nSPS) is 13.3. The van der Waals surface area contributed by atoms with Crippen molar-refractivity contribution in [1.82, 2.24) is 0 Å². The van der Waals surface area contributed by atoms with Gasteiger partial charge >= 0.3 is 5.97 Å². The van der Waals surface area contributed by atoms with E-state index in [9.17, 15) is 4.79 Å². The number of hydrogen-bond acceptors (Lipinski definition) is 5. The van der Waals surface area contributed by atoms with E-state index >= 15 is 0 Å². The first-order chi connectivity index (χ1) is 23.0. The number of nitrogens with one attached hydrogen (secondary N) is 1. The fraction of sp³-hybridized carbons (Fsp3) is 0.146. The van der Waals surface area contributed by atoms with Crippen LogP contribution in [-0.4, -0.2) is 25.3 Å². The lowest BCUT2D eigenvalue weighted by molar-refractivity contribution is -0.169. The Balaban J connectivity index is 1.55. The second-order valence-corrected chi connectivity index (χ2v) is 12.1. The third kappa shape index (κ3) is 7.09. The van der Waals surface area contributed by atoms with Crippen LogP contribution in [0.15, 0.2) is 144 Å². The van der Waals surface area contributed by atoms with Crippen molar-refractivity contribution in [2.75, 3.05) is 19.0 Å². The van der Waals surface area contributed by atoms with E-state index in [1.807, 2.05) is 122 Å². The molecule has 6 rings (SSSR count). The zero-order valence-electron chi connectivity index (χ0n) is 26.4. The molecule has 6 aromatic carbocycles. The van der Waals surface area contributed by atoms with Gasteiger partial charge in [0, 0.05) is 10.2 Å². The molecule has 0 amide bonds. The predicted molar refractivity (Wildman–Crippen MR) is 195 cm³/mol. The Labute approximate surface area is 283 Å². The molecule has 1 N–H and O–H groups in total. The van der Waals surface area contributed by atoms with Gasteiger partial charge in [-0.2, -0.15) is 0 Å². The number of benzene rings is 6. The lowest BCUT2D eigenvalue weighted by atomic mass is 9.86. The van der Waals surface area contributed by atoms with Gasteiger partial charge in [-0.3, -0.25) is 0 Å². The average molecular weight is 687 g/mol. The second-order valence-electron chi connectivity index (χ2n) is 11.2. The Morgan fingerprint density at radius 2 is 1.43 bits per heavy atom. The molecule has 0 aliphatic rings. The van der Waals surface area contributed by atoms with Gasteiger partial charge in [0.25, 0.3) is 0 Å². The molecule has 0 aliphatic heterocycles. The summed E-state index contributed by atoms with van der Waals surface area (Å²) in [5, 5.41) is 7.99. The summed E-state index contributed by atoms with van der Waals surface area (Å²) in [5.74, 6) is 0.237. The first-order valence-electron chi connectivity index (χ1n) is 15.6. The van der Waals surface area contributed by atoms with Gasteiger partial charge in [0.1, 0.15) is 5.75 Å². The van der Waals surface area contributed by atoms with E-state index in [1.54, 1.807) is 7.11 Å². The molecule has 0 aromatic heterocycles. The number of halogens is 1. The maximum atomic E-state index is 14.5. The number of fused-ring (bicyclic) bond motifs is 2. The number of carbonyl (C=O) groups excluding carboxylic acids is 1. The van der Waals surface area contributed by atoms with Crippen LogP contribution in [-0.2, 0) is 20.9 Å². The number of ether oxygens (including phenoxy) is 3. The lowest BCUT2D eigenvalue weighted by Gasteiger charge is -2.38. The van der Waals surface area contributed by atoms with Gasteiger partial charge in [0.05, 0.1) is 26.4 Å². The number of rotatable bonds is 12. The van der Waals surface area contributed by atoms with E-state index in [2.05, 4.69) is 51.6 Å². The summed E-state index contributed by atoms with van der Waals surface area (Å²) in [6, 6.07) is 43.5. The fourth-order valence-electron chi connectivity index (χ4n) is 5.90. The van der Waals surface area contributed by atoms with Crippen molar-refractivity contribution in [3.63, 3.8) is 0 Å². The third-order valence-corrected chi connectivity index (χ3v) is 8.82. The number of hydrogen-bond donors (Lipinski definition) is 1. The average Bonchev–Trinajstić information content (AvgIpc) is 3.11. The molecule has 0 spiro atoms. The minimum Gasteiger partial charge on any atom is -0.497 e. The van der Waals surface area contributed by atoms with Crippen LogP contribution in [0.1, 0.15) is 29.7 Å². The molecule has 0 unspecified atom stereocenters. The van der Waals surface area contributed by atoms with E-state index in [0.717, 1.165) is 54.1 Å². The first kappa shape index (κ1) is 32.0. The van der Waals surface area contributed by atoms with Crippen LogP contribution in [0.5, 0.6) is 5.75 Å². The van der Waals surface area contributed by atoms with Crippen molar-refractivity contribution < 1.29 is 19.0 Å². The highest BCUT2D eigenvalue weighted by Crippen LogP contribution is 2.39. The van der Waals surface area contributed by atoms with Crippen molar-refractivity contribution in [2.24, 2.45) is 0 Å². The predicted octanol–water partition coefficient (Wildman–Crippen LogP) is 10.1. The molecule has 0 radical (unpaired) electrons. The molecule has 6 heteroatoms. The molecule has 47 heavy (non-hydrogen) atoms. The Morgan fingerprint density at radius 3 is 2.04 bits per heavy atom. The quantitative estimate of drug-likeness (QED) is 0.103. The standard InChI is InChI=1S/C41H36BrNO4/c1-3-46-40(44)41(26-25-29-11-5-4-6-12-29,39(30-17-19-33(42)20-18-30)43-34-21-23-35(45-2)24-22-34)47-28-38-36-15-9-7-13-31(36)27-32-14-8-10-16-37(32)38/h4-27,39,43H,3,28H2,1-2H3/b26-25+/t39-,41-/m0/s1. The third-order valence-electron chi connectivity index (χ3n) is 8.29. The summed E-state index contributed by atoms with van der Waals surface area (Å²) < 4.78 is 19.3. The summed E-state index contributed by atoms with van der Waals surface area (Å²) in [4.78, 5) is 14.5. The minimum absolute atomic E-state index is 0.150. The van der Waals surface area contributed by atoms with Gasteiger partial charge in [-0.05, 0) is 93.7 Å². The molecule has 5 nitrogen and oxygen atoms in total. The first-order valence-corrected chi connectivity index (χ1v) is 16.4.